The van der Waals surface area contributed by atoms with Crippen LogP contribution in [0.1, 0.15) is 45.6 Å². The number of H-pyrrole nitrogens is 2. The summed E-state index contributed by atoms with van der Waals surface area (Å²) in [4.78, 5) is 41.5. The van der Waals surface area contributed by atoms with Crippen molar-refractivity contribution >= 4 is 44.9 Å². The van der Waals surface area contributed by atoms with E-state index < -0.39 is 0 Å². The number of rotatable bonds is 16. The molecule has 0 radical (unpaired) electrons. The maximum absolute atomic E-state index is 5.73. The largest absolute Gasteiger partial charge is 0.497 e. The minimum Gasteiger partial charge on any atom is -0.497 e. The van der Waals surface area contributed by atoms with Crippen LogP contribution in [0, 0.1) is 0 Å². The molecule has 2 N–H and O–H groups in total. The molecular formula is C72H58N8O8. The number of aromatic nitrogens is 8. The van der Waals surface area contributed by atoms with Crippen LogP contribution in [-0.4, -0.2) is 96.8 Å². The SMILES string of the molecule is COc1ccc(C2=C(c3ccc(OC)cc3)c3nc2nc2[nH]c(nc4nc(nc5[nH]c(n3)c(-c3ccc(OC)cc3)c5-c3ccc(OC)cc3)C(c3ccc(OC)cc3)=C4c3ccc(OC)cc3)c(-c3ccc(OC)cc3)c2-c2ccc(OC)cc2)cc1. The molecule has 8 bridgehead atoms. The minimum atomic E-state index is 0.359. The van der Waals surface area contributed by atoms with Gasteiger partial charge in [-0.1, -0.05) is 97.1 Å². The summed E-state index contributed by atoms with van der Waals surface area (Å²) in [6, 6.07) is 63.0. The van der Waals surface area contributed by atoms with E-state index >= 15 is 0 Å². The highest BCUT2D eigenvalue weighted by Gasteiger charge is 2.31. The number of nitrogens with zero attached hydrogens (tertiary/aromatic N) is 6. The molecular weight excluding hydrogens is 1100 g/mol. The van der Waals surface area contributed by atoms with Gasteiger partial charge in [0.25, 0.3) is 0 Å². The number of fused-ring (bicyclic) bond motifs is 8. The van der Waals surface area contributed by atoms with Gasteiger partial charge in [0.1, 0.15) is 68.6 Å². The maximum Gasteiger partial charge on any atom is 0.165 e. The van der Waals surface area contributed by atoms with Crippen LogP contribution in [-0.2, 0) is 0 Å². The zero-order valence-electron chi connectivity index (χ0n) is 49.4. The third kappa shape index (κ3) is 10.4. The van der Waals surface area contributed by atoms with Crippen molar-refractivity contribution in [1.82, 2.24) is 39.9 Å². The van der Waals surface area contributed by atoms with Gasteiger partial charge in [0.15, 0.2) is 23.3 Å². The highest BCUT2D eigenvalue weighted by Crippen LogP contribution is 2.46. The molecule has 16 heteroatoms. The molecule has 2 aliphatic heterocycles. The molecule has 8 aromatic carbocycles. The molecule has 13 rings (SSSR count). The van der Waals surface area contributed by atoms with Gasteiger partial charge in [-0.05, 0) is 142 Å². The molecule has 3 aromatic heterocycles. The van der Waals surface area contributed by atoms with Gasteiger partial charge in [0.2, 0.25) is 0 Å². The van der Waals surface area contributed by atoms with Crippen LogP contribution in [0.3, 0.4) is 0 Å². The average Bonchev–Trinajstić information content (AvgIpc) is 1.87. The molecule has 0 amide bonds. The number of nitrogens with one attached hydrogen (secondary N) is 2. The van der Waals surface area contributed by atoms with E-state index in [0.717, 1.165) is 66.8 Å². The summed E-state index contributed by atoms with van der Waals surface area (Å²) in [7, 11) is 13.2. The first-order chi connectivity index (χ1) is 43.2. The number of benzene rings is 8. The predicted molar refractivity (Wildman–Crippen MR) is 342 cm³/mol. The third-order valence-corrected chi connectivity index (χ3v) is 15.6. The number of hydrogen-bond donors (Lipinski definition) is 2. The zero-order chi connectivity index (χ0) is 60.4. The molecule has 0 saturated carbocycles. The molecule has 5 heterocycles. The second-order valence-electron chi connectivity index (χ2n) is 20.4. The van der Waals surface area contributed by atoms with Crippen molar-refractivity contribution in [2.45, 2.75) is 0 Å². The van der Waals surface area contributed by atoms with Gasteiger partial charge >= 0.3 is 0 Å². The first kappa shape index (κ1) is 55.7. The van der Waals surface area contributed by atoms with E-state index in [-0.39, 0.29) is 0 Å². The lowest BCUT2D eigenvalue weighted by Crippen LogP contribution is -1.95. The number of aromatic amines is 2. The molecule has 11 aromatic rings. The first-order valence-electron chi connectivity index (χ1n) is 28.2. The number of hydrogen-bond acceptors (Lipinski definition) is 14. The smallest absolute Gasteiger partial charge is 0.165 e. The Bertz CT molecular complexity index is 4050. The molecule has 16 nitrogen and oxygen atoms in total. The van der Waals surface area contributed by atoms with Crippen molar-refractivity contribution < 1.29 is 37.9 Å². The lowest BCUT2D eigenvalue weighted by atomic mass is 9.94. The van der Waals surface area contributed by atoms with Gasteiger partial charge in [0, 0.05) is 44.5 Å². The van der Waals surface area contributed by atoms with Crippen LogP contribution >= 0.6 is 0 Å². The minimum absolute atomic E-state index is 0.359. The molecule has 0 spiro atoms. The Morgan fingerprint density at radius 2 is 0.341 bits per heavy atom. The molecule has 0 atom stereocenters. The summed E-state index contributed by atoms with van der Waals surface area (Å²) in [5.74, 6) is 6.86. The lowest BCUT2D eigenvalue weighted by molar-refractivity contribution is 0.414. The highest BCUT2D eigenvalue weighted by atomic mass is 16.5. The van der Waals surface area contributed by atoms with Crippen molar-refractivity contribution in [2.24, 2.45) is 0 Å². The van der Waals surface area contributed by atoms with Crippen molar-refractivity contribution in [1.29, 1.82) is 0 Å². The Labute approximate surface area is 507 Å². The Balaban J connectivity index is 1.28. The quantitative estimate of drug-likeness (QED) is 0.0932. The van der Waals surface area contributed by atoms with E-state index in [0.29, 0.717) is 114 Å². The van der Waals surface area contributed by atoms with Gasteiger partial charge in [-0.3, -0.25) is 0 Å². The number of methoxy groups -OCH3 is 8. The molecule has 0 saturated heterocycles. The van der Waals surface area contributed by atoms with Crippen molar-refractivity contribution in [3.8, 4) is 90.5 Å². The summed E-state index contributed by atoms with van der Waals surface area (Å²) >= 11 is 0. The molecule has 0 aliphatic carbocycles. The molecule has 2 aliphatic rings. The van der Waals surface area contributed by atoms with E-state index in [1.54, 1.807) is 56.9 Å². The van der Waals surface area contributed by atoms with E-state index in [9.17, 15) is 0 Å². The van der Waals surface area contributed by atoms with Gasteiger partial charge < -0.3 is 47.9 Å². The topological polar surface area (TPSA) is 183 Å². The molecule has 0 fully saturated rings. The Morgan fingerprint density at radius 3 is 0.489 bits per heavy atom. The van der Waals surface area contributed by atoms with E-state index in [1.165, 1.54) is 0 Å². The van der Waals surface area contributed by atoms with Crippen LogP contribution in [0.2, 0.25) is 0 Å². The maximum atomic E-state index is 5.73. The van der Waals surface area contributed by atoms with Crippen LogP contribution in [0.15, 0.2) is 194 Å². The standard InChI is InChI=1S/C72H58N8O8/c1-81-49-25-9-41(10-26-49)57-58(42-11-27-50(82-2)28-12-42)66-73-65(57)77-67-59(43-13-29-51(83-3)30-14-43)60(44-15-31-52(84-4)32-16-44)69(74-67)79-71-63(47-21-37-55(87-7)38-22-47)64(48-23-39-56(88-8)40-24-48)72(76-71)80-70-62(46-19-35-54(86-6)36-20-46)61(68(75-70)78-66)45-17-33-53(85-5)34-18-45/h9-40H,1-8H3,(H2,73,74,75,76,77,78,79,80). The summed E-state index contributed by atoms with van der Waals surface area (Å²) in [6.45, 7) is 0. The fourth-order valence-electron chi connectivity index (χ4n) is 11.2. The highest BCUT2D eigenvalue weighted by molar-refractivity contribution is 6.08. The van der Waals surface area contributed by atoms with Crippen LogP contribution in [0.4, 0.5) is 0 Å². The Kier molecular flexibility index (Phi) is 15.1. The summed E-state index contributed by atoms with van der Waals surface area (Å²) in [5.41, 5.74) is 13.9. The second kappa shape index (κ2) is 23.9. The van der Waals surface area contributed by atoms with Crippen molar-refractivity contribution in [3.05, 3.63) is 240 Å². The zero-order valence-corrected chi connectivity index (χ0v) is 49.4. The Hall–Kier alpha value is -11.5. The fourth-order valence-corrected chi connectivity index (χ4v) is 11.2. The average molecular weight is 1160 g/mol. The second-order valence-corrected chi connectivity index (χ2v) is 20.4. The van der Waals surface area contributed by atoms with Crippen molar-refractivity contribution in [2.75, 3.05) is 56.9 Å². The lowest BCUT2D eigenvalue weighted by Gasteiger charge is -2.11. The summed E-state index contributed by atoms with van der Waals surface area (Å²) in [5, 5.41) is 0. The Morgan fingerprint density at radius 1 is 0.193 bits per heavy atom. The first-order valence-corrected chi connectivity index (χ1v) is 28.2. The van der Waals surface area contributed by atoms with Crippen LogP contribution in [0.25, 0.3) is 89.4 Å². The van der Waals surface area contributed by atoms with E-state index in [1.807, 2.05) is 194 Å². The van der Waals surface area contributed by atoms with E-state index in [4.69, 9.17) is 67.8 Å². The van der Waals surface area contributed by atoms with Crippen molar-refractivity contribution in [3.63, 3.8) is 0 Å². The van der Waals surface area contributed by atoms with Gasteiger partial charge in [0.05, 0.1) is 56.9 Å². The third-order valence-electron chi connectivity index (χ3n) is 15.6. The number of ether oxygens (including phenoxy) is 8. The van der Waals surface area contributed by atoms with Gasteiger partial charge in [-0.2, -0.15) is 0 Å². The van der Waals surface area contributed by atoms with Crippen LogP contribution < -0.4 is 37.9 Å². The monoisotopic (exact) mass is 1160 g/mol. The predicted octanol–water partition coefficient (Wildman–Crippen LogP) is 14.6. The van der Waals surface area contributed by atoms with Crippen LogP contribution in [0.5, 0.6) is 46.0 Å². The fraction of sp³-hybridized carbons (Fsp3) is 0.111. The van der Waals surface area contributed by atoms with E-state index in [2.05, 4.69) is 9.97 Å². The normalized spacial score (nSPS) is 12.0. The molecule has 88 heavy (non-hydrogen) atoms. The molecule has 0 unspecified atom stereocenters. The van der Waals surface area contributed by atoms with Gasteiger partial charge in [-0.15, -0.1) is 0 Å². The van der Waals surface area contributed by atoms with Gasteiger partial charge in [-0.25, -0.2) is 29.9 Å². The summed E-state index contributed by atoms with van der Waals surface area (Å²) in [6.07, 6.45) is 0. The summed E-state index contributed by atoms with van der Waals surface area (Å²) < 4.78 is 45.9. The molecule has 434 valence electrons.